The number of halogens is 2. The Hall–Kier alpha value is -2.51. The third kappa shape index (κ3) is 4.43. The lowest BCUT2D eigenvalue weighted by Crippen LogP contribution is -2.53. The van der Waals surface area contributed by atoms with Gasteiger partial charge in [0.1, 0.15) is 42.3 Å². The minimum absolute atomic E-state index is 0.0611. The molecule has 2 atom stereocenters. The smallest absolute Gasteiger partial charge is 0.253 e. The van der Waals surface area contributed by atoms with E-state index in [4.69, 9.17) is 14.2 Å². The number of hydrogen-bond donors (Lipinski definition) is 0. The van der Waals surface area contributed by atoms with Crippen molar-refractivity contribution in [3.05, 3.63) is 65.0 Å². The van der Waals surface area contributed by atoms with Crippen LogP contribution in [0.1, 0.15) is 41.8 Å². The molecule has 1 amide bonds. The van der Waals surface area contributed by atoms with Crippen molar-refractivity contribution >= 4 is 5.91 Å². The molecule has 0 bridgehead atoms. The molecular formula is C24H27F2NO4. The fourth-order valence-corrected chi connectivity index (χ4v) is 4.20. The molecule has 2 aromatic carbocycles. The highest BCUT2D eigenvalue weighted by molar-refractivity contribution is 5.94. The van der Waals surface area contributed by atoms with Crippen LogP contribution in [0.4, 0.5) is 8.78 Å². The molecule has 4 rings (SSSR count). The topological polar surface area (TPSA) is 48.0 Å². The average molecular weight is 431 g/mol. The van der Waals surface area contributed by atoms with Crippen LogP contribution in [0.5, 0.6) is 5.75 Å². The Bertz CT molecular complexity index is 974. The van der Waals surface area contributed by atoms with Crippen molar-refractivity contribution in [2.24, 2.45) is 0 Å². The maximum absolute atomic E-state index is 13.8. The Kier molecular flexibility index (Phi) is 5.75. The van der Waals surface area contributed by atoms with Crippen molar-refractivity contribution in [1.29, 1.82) is 0 Å². The van der Waals surface area contributed by atoms with Gasteiger partial charge in [0.25, 0.3) is 5.91 Å². The van der Waals surface area contributed by atoms with Gasteiger partial charge in [-0.25, -0.2) is 8.78 Å². The van der Waals surface area contributed by atoms with Crippen molar-refractivity contribution in [2.45, 2.75) is 44.6 Å². The first-order chi connectivity index (χ1) is 14.7. The number of carbonyl (C=O) groups is 1. The zero-order chi connectivity index (χ0) is 22.2. The Morgan fingerprint density at radius 2 is 2.10 bits per heavy atom. The van der Waals surface area contributed by atoms with Crippen LogP contribution in [0.2, 0.25) is 0 Å². The largest absolute Gasteiger partial charge is 0.490 e. The van der Waals surface area contributed by atoms with E-state index < -0.39 is 11.3 Å². The maximum atomic E-state index is 13.8. The molecule has 7 heteroatoms. The first-order valence-corrected chi connectivity index (χ1v) is 10.4. The number of likely N-dealkylation sites (tertiary alicyclic amines) is 1. The van der Waals surface area contributed by atoms with Crippen LogP contribution in [0.15, 0.2) is 42.5 Å². The molecule has 2 aliphatic rings. The molecule has 0 aromatic heterocycles. The molecule has 2 aliphatic heterocycles. The summed E-state index contributed by atoms with van der Waals surface area (Å²) in [4.78, 5) is 14.9. The summed E-state index contributed by atoms with van der Waals surface area (Å²) < 4.78 is 44.8. The van der Waals surface area contributed by atoms with Crippen molar-refractivity contribution in [2.75, 3.05) is 26.5 Å². The number of hydrogen-bond acceptors (Lipinski definition) is 4. The average Bonchev–Trinajstić information content (AvgIpc) is 3.16. The highest BCUT2D eigenvalue weighted by Crippen LogP contribution is 2.43. The number of alkyl halides is 1. The van der Waals surface area contributed by atoms with Gasteiger partial charge in [0.2, 0.25) is 0 Å². The van der Waals surface area contributed by atoms with Gasteiger partial charge in [-0.1, -0.05) is 12.1 Å². The van der Waals surface area contributed by atoms with Gasteiger partial charge in [-0.2, -0.15) is 0 Å². The van der Waals surface area contributed by atoms with Crippen molar-refractivity contribution < 1.29 is 27.8 Å². The second-order valence-electron chi connectivity index (χ2n) is 8.81. The lowest BCUT2D eigenvalue weighted by atomic mass is 9.82. The van der Waals surface area contributed by atoms with E-state index in [1.54, 1.807) is 29.2 Å². The highest BCUT2D eigenvalue weighted by atomic mass is 19.1. The summed E-state index contributed by atoms with van der Waals surface area (Å²) in [5.41, 5.74) is -0.156. The molecule has 166 valence electrons. The number of ether oxygens (including phenoxy) is 3. The fourth-order valence-electron chi connectivity index (χ4n) is 4.20. The van der Waals surface area contributed by atoms with E-state index in [-0.39, 0.29) is 31.2 Å². The first kappa shape index (κ1) is 21.7. The predicted molar refractivity (Wildman–Crippen MR) is 111 cm³/mol. The number of piperidine rings is 1. The van der Waals surface area contributed by atoms with Crippen LogP contribution >= 0.6 is 0 Å². The Labute approximate surface area is 180 Å². The third-order valence-corrected chi connectivity index (χ3v) is 5.84. The molecule has 0 aliphatic carbocycles. The van der Waals surface area contributed by atoms with E-state index in [2.05, 4.69) is 0 Å². The summed E-state index contributed by atoms with van der Waals surface area (Å²) in [6.45, 7) is 5.60. The van der Waals surface area contributed by atoms with Gasteiger partial charge in [-0.3, -0.25) is 4.79 Å². The summed E-state index contributed by atoms with van der Waals surface area (Å²) in [7, 11) is 0. The van der Waals surface area contributed by atoms with Crippen LogP contribution in [0.3, 0.4) is 0 Å². The molecule has 1 unspecified atom stereocenters. The van der Waals surface area contributed by atoms with Crippen LogP contribution in [-0.4, -0.2) is 49.1 Å². The fraction of sp³-hybridized carbons (Fsp3) is 0.458. The number of amides is 1. The van der Waals surface area contributed by atoms with Crippen molar-refractivity contribution in [1.82, 2.24) is 4.90 Å². The first-order valence-electron chi connectivity index (χ1n) is 10.4. The SMILES string of the molecule is Cc1cc(C(=O)N2CC[C@]3(c4cccc(F)c4)OCOC3C2)ccc1OCC(C)(C)F. The molecule has 2 fully saturated rings. The number of nitrogens with zero attached hydrogens (tertiary/aromatic N) is 1. The standard InChI is InChI=1S/C24H27F2NO4/c1-16-11-17(7-8-20(16)29-14-23(2,3)26)22(28)27-10-9-24(21(13-27)30-15-31-24)18-5-4-6-19(25)12-18/h4-8,11-12,21H,9-10,13-15H2,1-3H3/t21?,24-/m1/s1. The normalized spacial score (nSPS) is 23.5. The lowest BCUT2D eigenvalue weighted by Gasteiger charge is -2.42. The minimum atomic E-state index is -1.44. The maximum Gasteiger partial charge on any atom is 0.253 e. The zero-order valence-electron chi connectivity index (χ0n) is 18.0. The Balaban J connectivity index is 1.48. The van der Waals surface area contributed by atoms with Gasteiger partial charge in [0.05, 0.1) is 6.54 Å². The zero-order valence-corrected chi connectivity index (χ0v) is 18.0. The van der Waals surface area contributed by atoms with Gasteiger partial charge in [0, 0.05) is 18.5 Å². The number of carbonyl (C=O) groups excluding carboxylic acids is 1. The number of rotatable bonds is 5. The highest BCUT2D eigenvalue weighted by Gasteiger charge is 2.51. The summed E-state index contributed by atoms with van der Waals surface area (Å²) in [5.74, 6) is 0.107. The molecule has 2 aromatic rings. The molecule has 2 heterocycles. The Morgan fingerprint density at radius 1 is 1.29 bits per heavy atom. The van der Waals surface area contributed by atoms with Crippen LogP contribution < -0.4 is 4.74 Å². The van der Waals surface area contributed by atoms with Gasteiger partial charge < -0.3 is 19.1 Å². The quantitative estimate of drug-likeness (QED) is 0.705. The minimum Gasteiger partial charge on any atom is -0.490 e. The molecule has 0 radical (unpaired) electrons. The third-order valence-electron chi connectivity index (χ3n) is 5.84. The van der Waals surface area contributed by atoms with Gasteiger partial charge in [0.15, 0.2) is 0 Å². The summed E-state index contributed by atoms with van der Waals surface area (Å²) >= 11 is 0. The molecule has 2 saturated heterocycles. The van der Waals surface area contributed by atoms with Crippen LogP contribution in [-0.2, 0) is 15.1 Å². The van der Waals surface area contributed by atoms with E-state index >= 15 is 0 Å². The Morgan fingerprint density at radius 3 is 2.81 bits per heavy atom. The van der Waals surface area contributed by atoms with E-state index in [0.717, 1.165) is 11.1 Å². The number of fused-ring (bicyclic) bond motifs is 1. The second-order valence-corrected chi connectivity index (χ2v) is 8.81. The molecule has 31 heavy (non-hydrogen) atoms. The van der Waals surface area contributed by atoms with Gasteiger partial charge >= 0.3 is 0 Å². The predicted octanol–water partition coefficient (Wildman–Crippen LogP) is 4.38. The van der Waals surface area contributed by atoms with E-state index in [1.165, 1.54) is 26.0 Å². The van der Waals surface area contributed by atoms with E-state index in [0.29, 0.717) is 30.8 Å². The summed E-state index contributed by atoms with van der Waals surface area (Å²) in [6, 6.07) is 11.5. The van der Waals surface area contributed by atoms with Gasteiger partial charge in [-0.15, -0.1) is 0 Å². The summed E-state index contributed by atoms with van der Waals surface area (Å²) in [5, 5.41) is 0. The molecule has 5 nitrogen and oxygen atoms in total. The molecule has 0 spiro atoms. The number of benzene rings is 2. The summed E-state index contributed by atoms with van der Waals surface area (Å²) in [6.07, 6.45) is 0.140. The monoisotopic (exact) mass is 431 g/mol. The molecule has 0 saturated carbocycles. The van der Waals surface area contributed by atoms with Crippen LogP contribution in [0, 0.1) is 12.7 Å². The van der Waals surface area contributed by atoms with Gasteiger partial charge in [-0.05, 0) is 62.2 Å². The molecular weight excluding hydrogens is 404 g/mol. The van der Waals surface area contributed by atoms with Crippen LogP contribution in [0.25, 0.3) is 0 Å². The number of aryl methyl sites for hydroxylation is 1. The van der Waals surface area contributed by atoms with Crippen molar-refractivity contribution in [3.8, 4) is 5.75 Å². The molecule has 0 N–H and O–H groups in total. The lowest BCUT2D eigenvalue weighted by molar-refractivity contribution is -0.0441. The second kappa shape index (κ2) is 8.20. The van der Waals surface area contributed by atoms with Crippen molar-refractivity contribution in [3.63, 3.8) is 0 Å². The van der Waals surface area contributed by atoms with E-state index in [1.807, 2.05) is 13.0 Å². The van der Waals surface area contributed by atoms with E-state index in [9.17, 15) is 13.6 Å².